The van der Waals surface area contributed by atoms with Crippen LogP contribution in [0.25, 0.3) is 32.2 Å². The highest BCUT2D eigenvalue weighted by atomic mass is 32.1. The lowest BCUT2D eigenvalue weighted by molar-refractivity contribution is -0.134. The van der Waals surface area contributed by atoms with E-state index in [9.17, 15) is 24.3 Å². The van der Waals surface area contributed by atoms with Crippen LogP contribution >= 0.6 is 11.3 Å². The van der Waals surface area contributed by atoms with Crippen molar-refractivity contribution in [2.24, 2.45) is 18.4 Å². The number of hydrogen-bond donors (Lipinski definition) is 3. The second-order valence-corrected chi connectivity index (χ2v) is 22.8. The highest BCUT2D eigenvalue weighted by Gasteiger charge is 2.33. The van der Waals surface area contributed by atoms with Crippen LogP contribution in [0.3, 0.4) is 0 Å². The molecule has 1 aliphatic carbocycles. The summed E-state index contributed by atoms with van der Waals surface area (Å²) in [4.78, 5) is 67.5. The molecule has 4 aliphatic rings. The molecule has 1 atom stereocenters. The first-order valence-electron chi connectivity index (χ1n) is 26.5. The van der Waals surface area contributed by atoms with Gasteiger partial charge in [-0.2, -0.15) is 5.10 Å². The van der Waals surface area contributed by atoms with Crippen molar-refractivity contribution in [1.29, 1.82) is 0 Å². The van der Waals surface area contributed by atoms with E-state index in [1.165, 1.54) is 29.9 Å². The number of carboxylic acid groups (broad SMARTS) is 1. The summed E-state index contributed by atoms with van der Waals surface area (Å²) in [7, 11) is 1.92. The Bertz CT molecular complexity index is 3300. The topological polar surface area (TPSA) is 175 Å². The molecule has 3 aliphatic heterocycles. The fourth-order valence-corrected chi connectivity index (χ4v) is 12.8. The number of imide groups is 1. The average Bonchev–Trinajstić information content (AvgIpc) is 3.98. The summed E-state index contributed by atoms with van der Waals surface area (Å²) in [6.07, 6.45) is 8.20. The Hall–Kier alpha value is -7.17. The summed E-state index contributed by atoms with van der Waals surface area (Å²) in [5.41, 5.74) is 8.69. The quantitative estimate of drug-likeness (QED) is 0.0881. The molecule has 16 heteroatoms. The lowest BCUT2D eigenvalue weighted by atomic mass is 9.78. The van der Waals surface area contributed by atoms with Crippen molar-refractivity contribution in [3.05, 3.63) is 125 Å². The van der Waals surface area contributed by atoms with Crippen LogP contribution in [0, 0.1) is 18.3 Å². The maximum atomic E-state index is 13.7. The van der Waals surface area contributed by atoms with Crippen molar-refractivity contribution in [2.45, 2.75) is 97.1 Å². The van der Waals surface area contributed by atoms with Gasteiger partial charge in [0.05, 0.1) is 33.4 Å². The molecule has 3 N–H and O–H groups in total. The van der Waals surface area contributed by atoms with Gasteiger partial charge >= 0.3 is 5.97 Å². The van der Waals surface area contributed by atoms with Gasteiger partial charge in [-0.05, 0) is 146 Å². The van der Waals surface area contributed by atoms with Crippen molar-refractivity contribution in [1.82, 2.24) is 30.0 Å². The molecule has 4 aromatic carbocycles. The van der Waals surface area contributed by atoms with E-state index < -0.39 is 11.9 Å². The number of carbonyl (C=O) groups excluding carboxylic acids is 3. The zero-order chi connectivity index (χ0) is 52.0. The number of piperazine rings is 1. The minimum absolute atomic E-state index is 0.0188. The third-order valence-corrected chi connectivity index (χ3v) is 17.1. The number of aromatic nitrogens is 4. The maximum absolute atomic E-state index is 13.7. The van der Waals surface area contributed by atoms with Crippen LogP contribution < -0.4 is 25.2 Å². The number of aryl methyl sites for hydroxylation is 1. The lowest BCUT2D eigenvalue weighted by Crippen LogP contribution is -2.49. The SMILES string of the molecule is Cc1c(O[C@H]2CC[C@H](CCC(C)(C)CN3CCN(c4ccc5c(C6CCC(=O)NC6=O)nn(C)c5c4)CC3)CC2)cccc1-c1ccc(N2CCc3cccc(C(=O)Nc4nc5ccccc5s4)c3C2)nc1C(=O)O. The molecular weight excluding hydrogens is 963 g/mol. The molecule has 75 heavy (non-hydrogen) atoms. The van der Waals surface area contributed by atoms with Gasteiger partial charge in [-0.25, -0.2) is 14.8 Å². The zero-order valence-electron chi connectivity index (χ0n) is 43.2. The van der Waals surface area contributed by atoms with Gasteiger partial charge in [-0.3, -0.25) is 34.6 Å². The minimum atomic E-state index is -1.10. The first-order valence-corrected chi connectivity index (χ1v) is 27.4. The van der Waals surface area contributed by atoms with Gasteiger partial charge in [0.2, 0.25) is 11.8 Å². The van der Waals surface area contributed by atoms with E-state index in [0.29, 0.717) is 60.3 Å². The van der Waals surface area contributed by atoms with E-state index in [0.717, 1.165) is 113 Å². The standard InChI is InChI=1S/C59H65N9O6S/c1-36-41(42-21-23-51(61-54(42)57(72)73)68-28-26-38-9-7-11-43(46(38)34-68)55(70)63-58-60-47-12-5-6-14-50(47)75-58)10-8-13-49(36)74-40-18-15-37(16-19-40)25-27-59(2,3)35-66-29-31-67(32-30-66)39-17-20-44-48(33-39)65(4)64-53(44)45-22-24-52(69)62-56(45)71/h5-14,17,20-21,23,33,37,40,45H,15-16,18-19,22,24-32,34-35H2,1-4H3,(H,72,73)(H,60,63,70)(H,62,69,71)/t37-,40-,45?. The number of piperidine rings is 1. The summed E-state index contributed by atoms with van der Waals surface area (Å²) in [5.74, 6) is -0.227. The van der Waals surface area contributed by atoms with Crippen molar-refractivity contribution in [3.8, 4) is 16.9 Å². The monoisotopic (exact) mass is 1030 g/mol. The van der Waals surface area contributed by atoms with Gasteiger partial charge < -0.3 is 19.6 Å². The van der Waals surface area contributed by atoms with Gasteiger partial charge in [-0.15, -0.1) is 0 Å². The number of fused-ring (bicyclic) bond motifs is 3. The van der Waals surface area contributed by atoms with Crippen molar-refractivity contribution in [2.75, 3.05) is 54.4 Å². The largest absolute Gasteiger partial charge is 0.490 e. The van der Waals surface area contributed by atoms with Crippen LogP contribution in [0.4, 0.5) is 16.6 Å². The molecule has 11 rings (SSSR count). The number of aromatic carboxylic acids is 1. The zero-order valence-corrected chi connectivity index (χ0v) is 44.0. The second-order valence-electron chi connectivity index (χ2n) is 21.8. The van der Waals surface area contributed by atoms with Crippen molar-refractivity contribution < 1.29 is 29.0 Å². The van der Waals surface area contributed by atoms with E-state index >= 15 is 0 Å². The molecule has 7 aromatic rings. The van der Waals surface area contributed by atoms with Crippen molar-refractivity contribution in [3.63, 3.8) is 0 Å². The van der Waals surface area contributed by atoms with E-state index in [1.54, 1.807) is 0 Å². The summed E-state index contributed by atoms with van der Waals surface area (Å²) in [6, 6.07) is 29.6. The predicted molar refractivity (Wildman–Crippen MR) is 294 cm³/mol. The predicted octanol–water partition coefficient (Wildman–Crippen LogP) is 10.2. The lowest BCUT2D eigenvalue weighted by Gasteiger charge is -2.40. The number of nitrogens with zero attached hydrogens (tertiary/aromatic N) is 7. The number of thiazole rings is 1. The normalized spacial score (nSPS) is 19.5. The molecule has 1 unspecified atom stereocenters. The molecule has 3 fully saturated rings. The summed E-state index contributed by atoms with van der Waals surface area (Å²) in [5, 5.41) is 22.3. The number of ether oxygens (including phenoxy) is 1. The number of amides is 3. The Morgan fingerprint density at radius 1 is 0.853 bits per heavy atom. The number of benzene rings is 4. The van der Waals surface area contributed by atoms with Gasteiger partial charge in [0.15, 0.2) is 10.8 Å². The highest BCUT2D eigenvalue weighted by Crippen LogP contribution is 2.39. The smallest absolute Gasteiger partial charge is 0.355 e. The number of rotatable bonds is 14. The summed E-state index contributed by atoms with van der Waals surface area (Å²) in [6.45, 7) is 12.8. The van der Waals surface area contributed by atoms with Crippen LogP contribution in [-0.2, 0) is 29.6 Å². The molecule has 3 amide bonds. The first-order chi connectivity index (χ1) is 36.2. The summed E-state index contributed by atoms with van der Waals surface area (Å²) >= 11 is 1.44. The Kier molecular flexibility index (Phi) is 13.9. The Morgan fingerprint density at radius 3 is 2.44 bits per heavy atom. The molecular formula is C59H65N9O6S. The average molecular weight is 1030 g/mol. The number of nitrogens with one attached hydrogen (secondary N) is 2. The van der Waals surface area contributed by atoms with Gasteiger partial charge in [-0.1, -0.05) is 61.6 Å². The molecule has 6 heterocycles. The maximum Gasteiger partial charge on any atom is 0.355 e. The van der Waals surface area contributed by atoms with Crippen LogP contribution in [0.15, 0.2) is 91.0 Å². The van der Waals surface area contributed by atoms with Crippen LogP contribution in [0.2, 0.25) is 0 Å². The number of hydrogen-bond acceptors (Lipinski definition) is 12. The van der Waals surface area contributed by atoms with Gasteiger partial charge in [0.1, 0.15) is 11.6 Å². The van der Waals surface area contributed by atoms with Gasteiger partial charge in [0, 0.05) is 81.5 Å². The number of anilines is 3. The Labute approximate surface area is 441 Å². The molecule has 0 spiro atoms. The van der Waals surface area contributed by atoms with E-state index in [-0.39, 0.29) is 34.9 Å². The highest BCUT2D eigenvalue weighted by molar-refractivity contribution is 7.22. The van der Waals surface area contributed by atoms with Crippen molar-refractivity contribution >= 4 is 72.8 Å². The van der Waals surface area contributed by atoms with Crippen LogP contribution in [-0.4, -0.2) is 98.8 Å². The Morgan fingerprint density at radius 2 is 1.65 bits per heavy atom. The molecule has 2 saturated heterocycles. The number of pyridine rings is 1. The molecule has 0 radical (unpaired) electrons. The van der Waals surface area contributed by atoms with Gasteiger partial charge in [0.25, 0.3) is 5.91 Å². The molecule has 3 aromatic heterocycles. The van der Waals surface area contributed by atoms with E-state index in [2.05, 4.69) is 68.4 Å². The third kappa shape index (κ3) is 10.6. The summed E-state index contributed by atoms with van der Waals surface area (Å²) < 4.78 is 9.59. The molecule has 0 bridgehead atoms. The third-order valence-electron chi connectivity index (χ3n) is 16.2. The number of carboxylic acids is 1. The van der Waals surface area contributed by atoms with Crippen LogP contribution in [0.1, 0.15) is 114 Å². The van der Waals surface area contributed by atoms with E-state index in [1.807, 2.05) is 85.4 Å². The Balaban J connectivity index is 0.665. The molecule has 15 nitrogen and oxygen atoms in total. The fraction of sp³-hybridized carbons (Fsp3) is 0.407. The molecule has 1 saturated carbocycles. The minimum Gasteiger partial charge on any atom is -0.490 e. The van der Waals surface area contributed by atoms with E-state index in [4.69, 9.17) is 14.8 Å². The molecule has 388 valence electrons. The second kappa shape index (κ2) is 20.9. The number of carbonyl (C=O) groups is 4. The van der Waals surface area contributed by atoms with Crippen LogP contribution in [0.5, 0.6) is 5.75 Å². The first kappa shape index (κ1) is 50.0. The fourth-order valence-electron chi connectivity index (χ4n) is 12.0. The number of para-hydroxylation sites is 1.